The Bertz CT molecular complexity index is 1150. The van der Waals surface area contributed by atoms with Crippen LogP contribution in [-0.4, -0.2) is 67.6 Å². The van der Waals surface area contributed by atoms with E-state index in [0.717, 1.165) is 18.4 Å². The van der Waals surface area contributed by atoms with Crippen molar-refractivity contribution in [3.63, 3.8) is 0 Å². The zero-order valence-electron chi connectivity index (χ0n) is 19.3. The van der Waals surface area contributed by atoms with Gasteiger partial charge in [-0.1, -0.05) is 30.3 Å². The molecule has 2 heterocycles. The Morgan fingerprint density at radius 3 is 2.34 bits per heavy atom. The van der Waals surface area contributed by atoms with Crippen LogP contribution in [0.4, 0.5) is 4.79 Å². The van der Waals surface area contributed by atoms with Crippen molar-refractivity contribution in [1.29, 1.82) is 0 Å². The van der Waals surface area contributed by atoms with E-state index < -0.39 is 28.0 Å². The number of carbonyl (C=O) groups excluding carboxylic acids is 3. The lowest BCUT2D eigenvalue weighted by Crippen LogP contribution is -2.49. The summed E-state index contributed by atoms with van der Waals surface area (Å²) < 4.78 is 32.6. The molecule has 186 valence electrons. The minimum Gasteiger partial charge on any atom is -0.410 e. The van der Waals surface area contributed by atoms with Gasteiger partial charge in [0, 0.05) is 19.6 Å². The number of sulfonamides is 1. The van der Waals surface area contributed by atoms with E-state index >= 15 is 0 Å². The molecule has 0 spiro atoms. The molecule has 1 N–H and O–H groups in total. The number of aldehydes is 1. The number of carbonyl (C=O) groups is 3. The van der Waals surface area contributed by atoms with Crippen molar-refractivity contribution >= 4 is 28.3 Å². The van der Waals surface area contributed by atoms with Gasteiger partial charge in [-0.3, -0.25) is 4.79 Å². The molecular formula is C25H29N3O6S. The predicted octanol–water partition coefficient (Wildman–Crippen LogP) is 2.36. The van der Waals surface area contributed by atoms with Crippen LogP contribution in [0, 0.1) is 0 Å². The quantitative estimate of drug-likeness (QED) is 0.558. The van der Waals surface area contributed by atoms with E-state index in [1.54, 1.807) is 47.4 Å². The highest BCUT2D eigenvalue weighted by Crippen LogP contribution is 2.26. The first kappa shape index (κ1) is 24.9. The molecule has 2 fully saturated rings. The number of nitrogens with zero attached hydrogens (tertiary/aromatic N) is 2. The highest BCUT2D eigenvalue weighted by molar-refractivity contribution is 7.89. The van der Waals surface area contributed by atoms with Gasteiger partial charge in [-0.25, -0.2) is 13.2 Å². The third-order valence-corrected chi connectivity index (χ3v) is 8.22. The van der Waals surface area contributed by atoms with Gasteiger partial charge in [0.25, 0.3) is 0 Å². The Kier molecular flexibility index (Phi) is 7.82. The second-order valence-electron chi connectivity index (χ2n) is 8.75. The zero-order valence-corrected chi connectivity index (χ0v) is 20.2. The van der Waals surface area contributed by atoms with E-state index in [2.05, 4.69) is 5.32 Å². The van der Waals surface area contributed by atoms with E-state index in [4.69, 9.17) is 4.74 Å². The maximum atomic E-state index is 13.0. The van der Waals surface area contributed by atoms with Gasteiger partial charge < -0.3 is 19.7 Å². The van der Waals surface area contributed by atoms with Gasteiger partial charge in [0.15, 0.2) is 0 Å². The summed E-state index contributed by atoms with van der Waals surface area (Å²) in [5.41, 5.74) is 0.767. The third kappa shape index (κ3) is 5.88. The first-order chi connectivity index (χ1) is 16.9. The predicted molar refractivity (Wildman–Crippen MR) is 128 cm³/mol. The summed E-state index contributed by atoms with van der Waals surface area (Å²) in [4.78, 5) is 38.6. The molecule has 2 aromatic carbocycles. The van der Waals surface area contributed by atoms with Crippen molar-refractivity contribution in [3.05, 3.63) is 60.2 Å². The number of amides is 2. The normalized spacial score (nSPS) is 19.3. The molecule has 0 bridgehead atoms. The molecule has 4 rings (SSSR count). The van der Waals surface area contributed by atoms with E-state index in [1.165, 1.54) is 16.4 Å². The van der Waals surface area contributed by atoms with Crippen LogP contribution in [-0.2, 0) is 26.0 Å². The second-order valence-corrected chi connectivity index (χ2v) is 10.6. The third-order valence-electron chi connectivity index (χ3n) is 6.30. The number of nitrogens with one attached hydrogen (secondary N) is 1. The Hall–Kier alpha value is -3.24. The first-order valence-corrected chi connectivity index (χ1v) is 13.2. The number of hydrogen-bond donors (Lipinski definition) is 1. The van der Waals surface area contributed by atoms with Gasteiger partial charge in [-0.2, -0.15) is 4.31 Å². The molecule has 0 radical (unpaired) electrons. The fourth-order valence-electron chi connectivity index (χ4n) is 4.44. The average Bonchev–Trinajstić information content (AvgIpc) is 3.58. The minimum atomic E-state index is -3.82. The maximum absolute atomic E-state index is 13.0. The molecule has 2 aromatic rings. The van der Waals surface area contributed by atoms with E-state index in [1.807, 2.05) is 0 Å². The highest BCUT2D eigenvalue weighted by Gasteiger charge is 2.39. The first-order valence-electron chi connectivity index (χ1n) is 11.8. The van der Waals surface area contributed by atoms with Crippen LogP contribution in [0.15, 0.2) is 59.5 Å². The zero-order chi connectivity index (χ0) is 24.8. The SMILES string of the molecule is O=CC(Cc1ccc(OC(=O)N2CCCC2)cc1)NC(=O)C1CCCN1S(=O)(=O)c1ccccc1. The molecule has 2 atom stereocenters. The molecule has 2 unspecified atom stereocenters. The van der Waals surface area contributed by atoms with Gasteiger partial charge in [-0.15, -0.1) is 0 Å². The molecule has 35 heavy (non-hydrogen) atoms. The van der Waals surface area contributed by atoms with Crippen LogP contribution in [0.2, 0.25) is 0 Å². The summed E-state index contributed by atoms with van der Waals surface area (Å²) in [6.45, 7) is 1.64. The van der Waals surface area contributed by atoms with Crippen LogP contribution >= 0.6 is 0 Å². The van der Waals surface area contributed by atoms with Gasteiger partial charge in [0.1, 0.15) is 18.1 Å². The lowest BCUT2D eigenvalue weighted by Gasteiger charge is -2.24. The molecule has 0 aliphatic carbocycles. The van der Waals surface area contributed by atoms with Gasteiger partial charge in [-0.05, 0) is 61.9 Å². The van der Waals surface area contributed by atoms with Crippen LogP contribution in [0.25, 0.3) is 0 Å². The van der Waals surface area contributed by atoms with Crippen LogP contribution in [0.3, 0.4) is 0 Å². The Morgan fingerprint density at radius 2 is 1.69 bits per heavy atom. The molecular weight excluding hydrogens is 470 g/mol. The number of rotatable bonds is 8. The Morgan fingerprint density at radius 1 is 1.00 bits per heavy atom. The van der Waals surface area contributed by atoms with Crippen molar-refractivity contribution in [2.45, 2.75) is 49.1 Å². The highest BCUT2D eigenvalue weighted by atomic mass is 32.2. The number of ether oxygens (including phenoxy) is 1. The fraction of sp³-hybridized carbons (Fsp3) is 0.400. The second kappa shape index (κ2) is 11.0. The lowest BCUT2D eigenvalue weighted by atomic mass is 10.1. The number of benzene rings is 2. The molecule has 2 amide bonds. The molecule has 10 heteroatoms. The van der Waals surface area contributed by atoms with E-state index in [9.17, 15) is 22.8 Å². The van der Waals surface area contributed by atoms with Crippen molar-refractivity contribution in [2.24, 2.45) is 0 Å². The number of hydrogen-bond acceptors (Lipinski definition) is 6. The van der Waals surface area contributed by atoms with Crippen LogP contribution in [0.1, 0.15) is 31.2 Å². The van der Waals surface area contributed by atoms with Crippen LogP contribution in [0.5, 0.6) is 5.75 Å². The summed E-state index contributed by atoms with van der Waals surface area (Å²) in [5.74, 6) is -0.0830. The molecule has 9 nitrogen and oxygen atoms in total. The van der Waals surface area contributed by atoms with Gasteiger partial charge in [0.2, 0.25) is 15.9 Å². The van der Waals surface area contributed by atoms with Gasteiger partial charge >= 0.3 is 6.09 Å². The number of likely N-dealkylation sites (tertiary alicyclic amines) is 1. The van der Waals surface area contributed by atoms with Crippen LogP contribution < -0.4 is 10.1 Å². The molecule has 2 saturated heterocycles. The standard InChI is InChI=1S/C25H29N3O6S/c29-18-20(17-19-10-12-21(13-11-19)34-25(31)27-14-4-5-15-27)26-24(30)23-9-6-16-28(23)35(32,33)22-7-2-1-3-8-22/h1-3,7-8,10-13,18,20,23H,4-6,9,14-17H2,(H,26,30). The fourth-order valence-corrected chi connectivity index (χ4v) is 6.12. The van der Waals surface area contributed by atoms with Crippen molar-refractivity contribution in [1.82, 2.24) is 14.5 Å². The van der Waals surface area contributed by atoms with Crippen molar-refractivity contribution in [3.8, 4) is 5.75 Å². The summed E-state index contributed by atoms with van der Waals surface area (Å²) in [7, 11) is -3.82. The summed E-state index contributed by atoms with van der Waals surface area (Å²) in [5, 5.41) is 2.69. The topological polar surface area (TPSA) is 113 Å². The minimum absolute atomic E-state index is 0.136. The van der Waals surface area contributed by atoms with E-state index in [-0.39, 0.29) is 24.0 Å². The lowest BCUT2D eigenvalue weighted by molar-refractivity contribution is -0.126. The molecule has 2 aliphatic rings. The summed E-state index contributed by atoms with van der Waals surface area (Å²) >= 11 is 0. The molecule has 0 saturated carbocycles. The monoisotopic (exact) mass is 499 g/mol. The summed E-state index contributed by atoms with van der Waals surface area (Å²) in [6, 6.07) is 13.1. The molecule has 0 aromatic heterocycles. The maximum Gasteiger partial charge on any atom is 0.415 e. The van der Waals surface area contributed by atoms with Gasteiger partial charge in [0.05, 0.1) is 10.9 Å². The average molecular weight is 500 g/mol. The smallest absolute Gasteiger partial charge is 0.410 e. The summed E-state index contributed by atoms with van der Waals surface area (Å²) in [6.07, 6.45) is 3.40. The van der Waals surface area contributed by atoms with Crippen molar-refractivity contribution < 1.29 is 27.5 Å². The van der Waals surface area contributed by atoms with Crippen molar-refractivity contribution in [2.75, 3.05) is 19.6 Å². The Balaban J connectivity index is 1.36. The Labute approximate surface area is 205 Å². The van der Waals surface area contributed by atoms with E-state index in [0.29, 0.717) is 38.0 Å². The largest absolute Gasteiger partial charge is 0.415 e. The molecule has 2 aliphatic heterocycles.